The maximum Gasteiger partial charge on any atom is 0.251 e. The molecule has 2 aromatic rings. The Kier molecular flexibility index (Phi) is 5.80. The van der Waals surface area contributed by atoms with Crippen LogP contribution in [0.3, 0.4) is 0 Å². The molecule has 0 saturated carbocycles. The molecule has 142 valence electrons. The molecule has 27 heavy (non-hydrogen) atoms. The van der Waals surface area contributed by atoms with Crippen LogP contribution in [0.25, 0.3) is 0 Å². The lowest BCUT2D eigenvalue weighted by Crippen LogP contribution is -2.47. The highest BCUT2D eigenvalue weighted by atomic mass is 16.5. The molecule has 3 rings (SSSR count). The smallest absolute Gasteiger partial charge is 0.251 e. The van der Waals surface area contributed by atoms with E-state index in [4.69, 9.17) is 9.47 Å². The molecule has 0 aromatic heterocycles. The van der Waals surface area contributed by atoms with Crippen molar-refractivity contribution in [2.75, 3.05) is 38.8 Å². The van der Waals surface area contributed by atoms with Crippen LogP contribution in [0.1, 0.15) is 15.9 Å². The number of piperazine rings is 1. The van der Waals surface area contributed by atoms with Gasteiger partial charge in [0, 0.05) is 37.0 Å². The third-order valence-electron chi connectivity index (χ3n) is 4.41. The molecule has 1 heterocycles. The largest absolute Gasteiger partial charge is 0.497 e. The average Bonchev–Trinajstić information content (AvgIpc) is 2.72. The summed E-state index contributed by atoms with van der Waals surface area (Å²) in [5.74, 6) is 0.958. The maximum absolute atomic E-state index is 12.4. The molecule has 2 aromatic carbocycles. The molecule has 1 aliphatic rings. The van der Waals surface area contributed by atoms with Crippen molar-refractivity contribution in [2.45, 2.75) is 6.54 Å². The Labute approximate surface area is 158 Å². The van der Waals surface area contributed by atoms with Crippen molar-refractivity contribution in [1.82, 2.24) is 10.6 Å². The van der Waals surface area contributed by atoms with Crippen molar-refractivity contribution in [3.63, 3.8) is 0 Å². The van der Waals surface area contributed by atoms with Gasteiger partial charge < -0.3 is 25.0 Å². The normalized spacial score (nSPS) is 13.7. The summed E-state index contributed by atoms with van der Waals surface area (Å²) in [5, 5.41) is 5.71. The molecule has 0 spiro atoms. The molecular formula is C20H23N3O4. The number of carbonyl (C=O) groups is 2. The molecule has 2 amide bonds. The number of methoxy groups -OCH3 is 2. The zero-order valence-electron chi connectivity index (χ0n) is 15.5. The highest BCUT2D eigenvalue weighted by Crippen LogP contribution is 2.22. The first kappa shape index (κ1) is 18.6. The minimum absolute atomic E-state index is 0.0336. The summed E-state index contributed by atoms with van der Waals surface area (Å²) >= 11 is 0. The summed E-state index contributed by atoms with van der Waals surface area (Å²) in [7, 11) is 3.09. The molecule has 1 saturated heterocycles. The first-order valence-electron chi connectivity index (χ1n) is 8.71. The minimum Gasteiger partial charge on any atom is -0.497 e. The van der Waals surface area contributed by atoms with Crippen LogP contribution in [0.5, 0.6) is 11.5 Å². The lowest BCUT2D eigenvalue weighted by atomic mass is 10.1. The van der Waals surface area contributed by atoms with Gasteiger partial charge in [0.05, 0.1) is 20.8 Å². The third kappa shape index (κ3) is 4.69. The first-order valence-corrected chi connectivity index (χ1v) is 8.71. The third-order valence-corrected chi connectivity index (χ3v) is 4.41. The van der Waals surface area contributed by atoms with E-state index in [1.165, 1.54) is 0 Å². The fourth-order valence-corrected chi connectivity index (χ4v) is 2.91. The fourth-order valence-electron chi connectivity index (χ4n) is 2.91. The predicted octanol–water partition coefficient (Wildman–Crippen LogP) is 1.57. The van der Waals surface area contributed by atoms with Crippen LogP contribution in [0, 0.1) is 0 Å². The number of anilines is 1. The van der Waals surface area contributed by atoms with Gasteiger partial charge in [0.15, 0.2) is 0 Å². The van der Waals surface area contributed by atoms with Crippen molar-refractivity contribution in [3.8, 4) is 11.5 Å². The Hall–Kier alpha value is -3.22. The van der Waals surface area contributed by atoms with Gasteiger partial charge in [-0.25, -0.2) is 0 Å². The van der Waals surface area contributed by atoms with E-state index in [1.807, 2.05) is 29.2 Å². The van der Waals surface area contributed by atoms with Crippen molar-refractivity contribution < 1.29 is 19.1 Å². The molecule has 7 nitrogen and oxygen atoms in total. The topological polar surface area (TPSA) is 79.9 Å². The van der Waals surface area contributed by atoms with Crippen molar-refractivity contribution in [1.29, 1.82) is 0 Å². The number of hydrogen-bond donors (Lipinski definition) is 2. The maximum atomic E-state index is 12.4. The van der Waals surface area contributed by atoms with Gasteiger partial charge in [0.1, 0.15) is 11.5 Å². The summed E-state index contributed by atoms with van der Waals surface area (Å²) in [4.78, 5) is 26.0. The number of ether oxygens (including phenoxy) is 2. The Morgan fingerprint density at radius 1 is 1.11 bits per heavy atom. The number of benzene rings is 2. The van der Waals surface area contributed by atoms with Gasteiger partial charge in [-0.05, 0) is 29.8 Å². The fraction of sp³-hybridized carbons (Fsp3) is 0.300. The van der Waals surface area contributed by atoms with Crippen LogP contribution in [0.2, 0.25) is 0 Å². The Morgan fingerprint density at radius 2 is 1.78 bits per heavy atom. The molecule has 7 heteroatoms. The SMILES string of the molecule is COc1cc(OC)cc(C(=O)NCc2ccc(N3CCNC(=O)C3)cc2)c1. The lowest BCUT2D eigenvalue weighted by molar-refractivity contribution is -0.120. The zero-order chi connectivity index (χ0) is 19.2. The van der Waals surface area contributed by atoms with Gasteiger partial charge in [-0.15, -0.1) is 0 Å². The van der Waals surface area contributed by atoms with Gasteiger partial charge in [-0.2, -0.15) is 0 Å². The molecule has 1 aliphatic heterocycles. The van der Waals surface area contributed by atoms with Gasteiger partial charge in [-0.3, -0.25) is 9.59 Å². The Bertz CT molecular complexity index is 798. The van der Waals surface area contributed by atoms with Gasteiger partial charge in [-0.1, -0.05) is 12.1 Å². The van der Waals surface area contributed by atoms with E-state index in [1.54, 1.807) is 32.4 Å². The monoisotopic (exact) mass is 369 g/mol. The number of carbonyl (C=O) groups excluding carboxylic acids is 2. The molecule has 0 atom stereocenters. The number of amides is 2. The lowest BCUT2D eigenvalue weighted by Gasteiger charge is -2.28. The standard InChI is InChI=1S/C20H23N3O4/c1-26-17-9-15(10-18(11-17)27-2)20(25)22-12-14-3-5-16(6-4-14)23-8-7-21-19(24)13-23/h3-6,9-11H,7-8,12-13H2,1-2H3,(H,21,24)(H,22,25). The van der Waals surface area contributed by atoms with E-state index in [2.05, 4.69) is 10.6 Å². The van der Waals surface area contributed by atoms with Crippen molar-refractivity contribution >= 4 is 17.5 Å². The second-order valence-electron chi connectivity index (χ2n) is 6.22. The molecule has 0 radical (unpaired) electrons. The zero-order valence-corrected chi connectivity index (χ0v) is 15.5. The highest BCUT2D eigenvalue weighted by Gasteiger charge is 2.16. The van der Waals surface area contributed by atoms with Crippen molar-refractivity contribution in [3.05, 3.63) is 53.6 Å². The van der Waals surface area contributed by atoms with E-state index >= 15 is 0 Å². The number of nitrogens with one attached hydrogen (secondary N) is 2. The summed E-state index contributed by atoms with van der Waals surface area (Å²) in [6.45, 7) is 2.22. The van der Waals surface area contributed by atoms with Gasteiger partial charge in [0.2, 0.25) is 5.91 Å². The number of rotatable bonds is 6. The van der Waals surface area contributed by atoms with Gasteiger partial charge >= 0.3 is 0 Å². The van der Waals surface area contributed by atoms with Crippen LogP contribution in [-0.2, 0) is 11.3 Å². The first-order chi connectivity index (χ1) is 13.1. The van der Waals surface area contributed by atoms with Crippen LogP contribution < -0.4 is 25.0 Å². The average molecular weight is 369 g/mol. The molecule has 2 N–H and O–H groups in total. The van der Waals surface area contributed by atoms with E-state index in [-0.39, 0.29) is 11.8 Å². The minimum atomic E-state index is -0.205. The highest BCUT2D eigenvalue weighted by molar-refractivity contribution is 5.95. The summed E-state index contributed by atoms with van der Waals surface area (Å²) < 4.78 is 10.4. The van der Waals surface area contributed by atoms with Crippen LogP contribution in [-0.4, -0.2) is 45.7 Å². The second kappa shape index (κ2) is 8.44. The summed E-state index contributed by atoms with van der Waals surface area (Å²) in [6, 6.07) is 12.9. The molecule has 0 unspecified atom stereocenters. The van der Waals surface area contributed by atoms with Crippen molar-refractivity contribution in [2.24, 2.45) is 0 Å². The van der Waals surface area contributed by atoms with Crippen LogP contribution in [0.4, 0.5) is 5.69 Å². The predicted molar refractivity (Wildman–Crippen MR) is 102 cm³/mol. The molecule has 1 fully saturated rings. The molecule has 0 aliphatic carbocycles. The Balaban J connectivity index is 1.61. The van der Waals surface area contributed by atoms with Gasteiger partial charge in [0.25, 0.3) is 5.91 Å². The quantitative estimate of drug-likeness (QED) is 0.808. The Morgan fingerprint density at radius 3 is 2.37 bits per heavy atom. The van der Waals surface area contributed by atoms with E-state index in [0.717, 1.165) is 17.8 Å². The summed E-state index contributed by atoms with van der Waals surface area (Å²) in [6.07, 6.45) is 0. The number of hydrogen-bond acceptors (Lipinski definition) is 5. The van der Waals surface area contributed by atoms with Crippen LogP contribution >= 0.6 is 0 Å². The second-order valence-corrected chi connectivity index (χ2v) is 6.22. The van der Waals surface area contributed by atoms with Crippen LogP contribution in [0.15, 0.2) is 42.5 Å². The van der Waals surface area contributed by atoms with E-state index in [0.29, 0.717) is 36.7 Å². The molecular weight excluding hydrogens is 346 g/mol. The molecule has 0 bridgehead atoms. The van der Waals surface area contributed by atoms with E-state index in [9.17, 15) is 9.59 Å². The number of nitrogens with zero attached hydrogens (tertiary/aromatic N) is 1. The summed E-state index contributed by atoms with van der Waals surface area (Å²) in [5.41, 5.74) is 2.45. The van der Waals surface area contributed by atoms with E-state index < -0.39 is 0 Å².